The van der Waals surface area contributed by atoms with E-state index in [1.54, 1.807) is 24.0 Å². The smallest absolute Gasteiger partial charge is 0.258 e. The van der Waals surface area contributed by atoms with Crippen LogP contribution in [0.4, 0.5) is 20.2 Å². The Morgan fingerprint density at radius 1 is 1.00 bits per heavy atom. The van der Waals surface area contributed by atoms with Crippen LogP contribution >= 0.6 is 0 Å². The van der Waals surface area contributed by atoms with Crippen molar-refractivity contribution in [1.82, 2.24) is 14.6 Å². The molecule has 2 N–H and O–H groups in total. The molecule has 11 heteroatoms. The lowest BCUT2D eigenvalue weighted by molar-refractivity contribution is -0.115. The topological polar surface area (TPSA) is 108 Å². The highest BCUT2D eigenvalue weighted by atomic mass is 32.2. The van der Waals surface area contributed by atoms with E-state index in [0.29, 0.717) is 37.2 Å². The molecule has 0 saturated carbocycles. The van der Waals surface area contributed by atoms with Gasteiger partial charge in [-0.15, -0.1) is 0 Å². The van der Waals surface area contributed by atoms with Crippen LogP contribution in [0.25, 0.3) is 0 Å². The molecule has 0 unspecified atom stereocenters. The van der Waals surface area contributed by atoms with E-state index in [2.05, 4.69) is 15.0 Å². The van der Waals surface area contributed by atoms with Gasteiger partial charge < -0.3 is 10.2 Å². The molecule has 3 aromatic rings. The van der Waals surface area contributed by atoms with Gasteiger partial charge in [0.25, 0.3) is 15.9 Å². The lowest BCUT2D eigenvalue weighted by Crippen LogP contribution is -2.38. The molecule has 0 spiro atoms. The highest BCUT2D eigenvalue weighted by Crippen LogP contribution is 2.31. The van der Waals surface area contributed by atoms with Gasteiger partial charge in [-0.3, -0.25) is 9.59 Å². The number of piperidine rings is 1. The van der Waals surface area contributed by atoms with Crippen molar-refractivity contribution in [2.75, 3.05) is 25.0 Å². The summed E-state index contributed by atoms with van der Waals surface area (Å²) < 4.78 is 54.5. The number of ketones is 1. The average molecular weight is 543 g/mol. The van der Waals surface area contributed by atoms with Crippen molar-refractivity contribution in [3.63, 3.8) is 0 Å². The summed E-state index contributed by atoms with van der Waals surface area (Å²) >= 11 is 0. The monoisotopic (exact) mass is 542 g/mol. The number of hydrogen-bond acceptors (Lipinski definition) is 6. The summed E-state index contributed by atoms with van der Waals surface area (Å²) in [6.45, 7) is 3.45. The molecular weight excluding hydrogens is 514 g/mol. The molecule has 0 bridgehead atoms. The Morgan fingerprint density at radius 3 is 2.29 bits per heavy atom. The number of carbonyl (C=O) groups excluding carboxylic acids is 2. The molecule has 1 fully saturated rings. The molecular formula is C27H28F2N4O4S. The second-order valence-electron chi connectivity index (χ2n) is 9.30. The van der Waals surface area contributed by atoms with Crippen molar-refractivity contribution < 1.29 is 26.8 Å². The van der Waals surface area contributed by atoms with Crippen molar-refractivity contribution in [3.8, 4) is 0 Å². The largest absolute Gasteiger partial charge is 0.355 e. The molecule has 0 aliphatic carbocycles. The van der Waals surface area contributed by atoms with Gasteiger partial charge in [0.15, 0.2) is 5.03 Å². The zero-order valence-corrected chi connectivity index (χ0v) is 21.8. The molecule has 1 amide bonds. The Hall–Kier alpha value is -3.70. The minimum atomic E-state index is -4.13. The standard InChI is InChI=1S/C27H28F2N4O4S/c1-17-13-22(29)7-8-24(17)32-25-14-26(38(36,37)31-15-18(2)34)30-16-23(25)27(35)33-11-9-20(10-12-33)19-3-5-21(28)6-4-19/h3-8,13-14,16,20,31H,9-12,15H2,1-2H3,(H,30,32). The van der Waals surface area contributed by atoms with Gasteiger partial charge >= 0.3 is 0 Å². The lowest BCUT2D eigenvalue weighted by Gasteiger charge is -2.32. The van der Waals surface area contributed by atoms with Crippen LogP contribution in [0.2, 0.25) is 0 Å². The van der Waals surface area contributed by atoms with Gasteiger partial charge in [0.1, 0.15) is 17.4 Å². The molecule has 1 aliphatic heterocycles. The second-order valence-corrected chi connectivity index (χ2v) is 11.0. The number of likely N-dealkylation sites (tertiary alicyclic amines) is 1. The Morgan fingerprint density at radius 2 is 1.66 bits per heavy atom. The summed E-state index contributed by atoms with van der Waals surface area (Å²) in [7, 11) is -4.13. The van der Waals surface area contributed by atoms with E-state index < -0.39 is 22.4 Å². The maximum absolute atomic E-state index is 13.6. The molecule has 1 aliphatic rings. The first kappa shape index (κ1) is 27.3. The number of aryl methyl sites for hydroxylation is 1. The number of aromatic nitrogens is 1. The number of benzene rings is 2. The molecule has 0 atom stereocenters. The highest BCUT2D eigenvalue weighted by Gasteiger charge is 2.28. The minimum Gasteiger partial charge on any atom is -0.355 e. The first-order chi connectivity index (χ1) is 18.0. The number of halogens is 2. The second kappa shape index (κ2) is 11.4. The summed E-state index contributed by atoms with van der Waals surface area (Å²) in [4.78, 5) is 30.5. The summed E-state index contributed by atoms with van der Waals surface area (Å²) in [5.41, 5.74) is 2.39. The lowest BCUT2D eigenvalue weighted by atomic mass is 9.89. The third-order valence-corrected chi connectivity index (χ3v) is 7.78. The quantitative estimate of drug-likeness (QED) is 0.440. The maximum Gasteiger partial charge on any atom is 0.258 e. The first-order valence-corrected chi connectivity index (χ1v) is 13.6. The van der Waals surface area contributed by atoms with Gasteiger partial charge in [-0.05, 0) is 74.1 Å². The summed E-state index contributed by atoms with van der Waals surface area (Å²) in [5, 5.41) is 2.69. The van der Waals surface area contributed by atoms with Crippen LogP contribution in [-0.4, -0.2) is 49.6 Å². The number of rotatable bonds is 8. The molecule has 38 heavy (non-hydrogen) atoms. The number of nitrogens with zero attached hydrogens (tertiary/aromatic N) is 2. The predicted molar refractivity (Wildman–Crippen MR) is 139 cm³/mol. The fourth-order valence-corrected chi connectivity index (χ4v) is 5.37. The van der Waals surface area contributed by atoms with Gasteiger partial charge in [-0.1, -0.05) is 12.1 Å². The third kappa shape index (κ3) is 6.40. The number of anilines is 2. The average Bonchev–Trinajstić information content (AvgIpc) is 2.89. The zero-order chi connectivity index (χ0) is 27.4. The van der Waals surface area contributed by atoms with E-state index in [1.165, 1.54) is 49.5 Å². The normalized spacial score (nSPS) is 14.4. The van der Waals surface area contributed by atoms with Crippen LogP contribution in [0.5, 0.6) is 0 Å². The molecule has 1 saturated heterocycles. The highest BCUT2D eigenvalue weighted by molar-refractivity contribution is 7.89. The number of amides is 1. The fraction of sp³-hybridized carbons (Fsp3) is 0.296. The SMILES string of the molecule is CC(=O)CNS(=O)(=O)c1cc(Nc2ccc(F)cc2C)c(C(=O)N2CCC(c3ccc(F)cc3)CC2)cn1. The fourth-order valence-electron chi connectivity index (χ4n) is 4.36. The van der Waals surface area contributed by atoms with E-state index in [1.807, 2.05) is 0 Å². The van der Waals surface area contributed by atoms with Crippen molar-refractivity contribution in [3.05, 3.63) is 83.1 Å². The van der Waals surface area contributed by atoms with Crippen LogP contribution in [0.15, 0.2) is 59.8 Å². The van der Waals surface area contributed by atoms with Crippen molar-refractivity contribution in [1.29, 1.82) is 0 Å². The molecule has 0 radical (unpaired) electrons. The first-order valence-electron chi connectivity index (χ1n) is 12.1. The van der Waals surface area contributed by atoms with Crippen molar-refractivity contribution in [2.45, 2.75) is 37.6 Å². The number of pyridine rings is 1. The van der Waals surface area contributed by atoms with E-state index in [0.717, 1.165) is 5.56 Å². The van der Waals surface area contributed by atoms with E-state index in [4.69, 9.17) is 0 Å². The Labute approximate surface area is 220 Å². The summed E-state index contributed by atoms with van der Waals surface area (Å²) in [5.74, 6) is -1.24. The van der Waals surface area contributed by atoms with Crippen LogP contribution in [0.1, 0.15) is 47.2 Å². The molecule has 1 aromatic heterocycles. The van der Waals surface area contributed by atoms with E-state index >= 15 is 0 Å². The number of nitrogens with one attached hydrogen (secondary N) is 2. The van der Waals surface area contributed by atoms with Crippen LogP contribution < -0.4 is 10.0 Å². The van der Waals surface area contributed by atoms with Crippen molar-refractivity contribution >= 4 is 33.1 Å². The zero-order valence-electron chi connectivity index (χ0n) is 21.0. The minimum absolute atomic E-state index is 0.152. The van der Waals surface area contributed by atoms with Crippen LogP contribution in [0, 0.1) is 18.6 Å². The van der Waals surface area contributed by atoms with Gasteiger partial charge in [0.05, 0.1) is 17.8 Å². The Balaban J connectivity index is 1.61. The number of sulfonamides is 1. The predicted octanol–water partition coefficient (Wildman–Crippen LogP) is 4.30. The number of hydrogen-bond donors (Lipinski definition) is 2. The van der Waals surface area contributed by atoms with Crippen LogP contribution in [-0.2, 0) is 14.8 Å². The Bertz CT molecular complexity index is 1450. The van der Waals surface area contributed by atoms with Gasteiger partial charge in [-0.25, -0.2) is 26.9 Å². The van der Waals surface area contributed by atoms with Crippen LogP contribution in [0.3, 0.4) is 0 Å². The maximum atomic E-state index is 13.6. The molecule has 2 heterocycles. The molecule has 4 rings (SSSR count). The number of Topliss-reactive ketones (excluding diaryl/α,β-unsaturated/α-hetero) is 1. The van der Waals surface area contributed by atoms with Gasteiger partial charge in [0.2, 0.25) is 0 Å². The number of carbonyl (C=O) groups is 2. The third-order valence-electron chi connectivity index (χ3n) is 6.48. The Kier molecular flexibility index (Phi) is 8.17. The van der Waals surface area contributed by atoms with Crippen molar-refractivity contribution in [2.24, 2.45) is 0 Å². The van der Waals surface area contributed by atoms with E-state index in [9.17, 15) is 26.8 Å². The van der Waals surface area contributed by atoms with E-state index in [-0.39, 0.29) is 39.7 Å². The molecule has 200 valence electrons. The van der Waals surface area contributed by atoms with Gasteiger partial charge in [0, 0.05) is 31.0 Å². The summed E-state index contributed by atoms with van der Waals surface area (Å²) in [6.07, 6.45) is 2.57. The molecule has 2 aromatic carbocycles. The van der Waals surface area contributed by atoms with Gasteiger partial charge in [-0.2, -0.15) is 0 Å². The molecule has 8 nitrogen and oxygen atoms in total. The summed E-state index contributed by atoms with van der Waals surface area (Å²) in [6, 6.07) is 11.7.